The first-order chi connectivity index (χ1) is 9.36. The van der Waals surface area contributed by atoms with Crippen molar-refractivity contribution < 1.29 is 22.4 Å². The summed E-state index contributed by atoms with van der Waals surface area (Å²) in [5.74, 6) is -0.653. The van der Waals surface area contributed by atoms with E-state index >= 15 is 0 Å². The van der Waals surface area contributed by atoms with E-state index in [-0.39, 0.29) is 41.4 Å². The van der Waals surface area contributed by atoms with Gasteiger partial charge in [0.25, 0.3) is 0 Å². The van der Waals surface area contributed by atoms with Crippen molar-refractivity contribution in [1.29, 1.82) is 0 Å². The average molecular weight is 339 g/mol. The van der Waals surface area contributed by atoms with Gasteiger partial charge in [-0.25, -0.2) is 13.2 Å². The maximum atomic E-state index is 12.5. The molecular formula is C12H19ClN2O5S. The van der Waals surface area contributed by atoms with Crippen molar-refractivity contribution in [2.45, 2.75) is 30.7 Å². The van der Waals surface area contributed by atoms with Crippen molar-refractivity contribution in [3.05, 3.63) is 17.6 Å². The van der Waals surface area contributed by atoms with Gasteiger partial charge in [0.15, 0.2) is 0 Å². The largest absolute Gasteiger partial charge is 0.463 e. The smallest absolute Gasteiger partial charge is 0.373 e. The van der Waals surface area contributed by atoms with Crippen molar-refractivity contribution in [3.8, 4) is 0 Å². The van der Waals surface area contributed by atoms with Gasteiger partial charge in [-0.2, -0.15) is 4.31 Å². The number of hydrogen-bond donors (Lipinski definition) is 1. The molecule has 0 spiro atoms. The molecule has 1 aliphatic heterocycles. The van der Waals surface area contributed by atoms with Crippen molar-refractivity contribution in [1.82, 2.24) is 4.31 Å². The van der Waals surface area contributed by atoms with Crippen LogP contribution in [-0.4, -0.2) is 44.9 Å². The number of methoxy groups -OCH3 is 1. The molecule has 1 aromatic rings. The van der Waals surface area contributed by atoms with Crippen LogP contribution in [0.25, 0.3) is 0 Å². The van der Waals surface area contributed by atoms with Gasteiger partial charge in [0, 0.05) is 25.2 Å². The van der Waals surface area contributed by atoms with Crippen molar-refractivity contribution in [2.24, 2.45) is 5.73 Å². The number of halogens is 1. The number of nitrogens with zero attached hydrogens (tertiary/aromatic N) is 1. The van der Waals surface area contributed by atoms with E-state index in [0.29, 0.717) is 6.54 Å². The first-order valence-electron chi connectivity index (χ1n) is 6.30. The number of carbonyl (C=O) groups is 1. The monoisotopic (exact) mass is 338 g/mol. The third-order valence-electron chi connectivity index (χ3n) is 3.30. The number of carbonyl (C=O) groups excluding carboxylic acids is 1. The highest BCUT2D eigenvalue weighted by molar-refractivity contribution is 7.89. The Kier molecular flexibility index (Phi) is 5.80. The number of sulfonamides is 1. The van der Waals surface area contributed by atoms with Crippen LogP contribution in [0.2, 0.25) is 0 Å². The number of rotatable bonds is 3. The average Bonchev–Trinajstić information content (AvgIpc) is 2.80. The third-order valence-corrected chi connectivity index (χ3v) is 5.27. The highest BCUT2D eigenvalue weighted by Crippen LogP contribution is 2.26. The maximum Gasteiger partial charge on any atom is 0.373 e. The Morgan fingerprint density at radius 2 is 2.19 bits per heavy atom. The molecule has 0 aliphatic carbocycles. The van der Waals surface area contributed by atoms with Gasteiger partial charge in [0.2, 0.25) is 15.8 Å². The van der Waals surface area contributed by atoms with Gasteiger partial charge in [0.1, 0.15) is 10.7 Å². The van der Waals surface area contributed by atoms with Crippen LogP contribution in [0, 0.1) is 6.92 Å². The minimum Gasteiger partial charge on any atom is -0.463 e. The molecule has 1 unspecified atom stereocenters. The summed E-state index contributed by atoms with van der Waals surface area (Å²) in [6.07, 6.45) is 1.53. The molecule has 0 radical (unpaired) electrons. The lowest BCUT2D eigenvalue weighted by molar-refractivity contribution is 0.0563. The Hall–Kier alpha value is -1.09. The van der Waals surface area contributed by atoms with Crippen LogP contribution in [0.15, 0.2) is 15.4 Å². The summed E-state index contributed by atoms with van der Waals surface area (Å²) in [6, 6.07) is 1.04. The highest BCUT2D eigenvalue weighted by atomic mass is 35.5. The third kappa shape index (κ3) is 3.57. The minimum absolute atomic E-state index is 0. The molecule has 1 fully saturated rings. The minimum atomic E-state index is -3.69. The number of furan rings is 1. The number of hydrogen-bond acceptors (Lipinski definition) is 6. The number of aryl methyl sites for hydroxylation is 1. The summed E-state index contributed by atoms with van der Waals surface area (Å²) < 4.78 is 36.1. The number of ether oxygens (including phenoxy) is 1. The van der Waals surface area contributed by atoms with Gasteiger partial charge in [-0.1, -0.05) is 0 Å². The Morgan fingerprint density at radius 1 is 1.52 bits per heavy atom. The standard InChI is InChI=1S/C12H18N2O5S.ClH/c1-8-11(6-10(19-8)12(15)18-2)20(16,17)14-5-3-4-9(13)7-14;/h6,9H,3-5,7,13H2,1-2H3;1H. The zero-order valence-corrected chi connectivity index (χ0v) is 13.5. The Morgan fingerprint density at radius 3 is 2.76 bits per heavy atom. The van der Waals surface area contributed by atoms with E-state index < -0.39 is 16.0 Å². The van der Waals surface area contributed by atoms with E-state index in [2.05, 4.69) is 4.74 Å². The zero-order valence-electron chi connectivity index (χ0n) is 11.9. The van der Waals surface area contributed by atoms with Crippen LogP contribution in [-0.2, 0) is 14.8 Å². The molecule has 1 aromatic heterocycles. The van der Waals surface area contributed by atoms with Gasteiger partial charge >= 0.3 is 5.97 Å². The lowest BCUT2D eigenvalue weighted by Gasteiger charge is -2.29. The Labute approximate surface area is 129 Å². The van der Waals surface area contributed by atoms with E-state index in [1.54, 1.807) is 0 Å². The van der Waals surface area contributed by atoms with Crippen LogP contribution in [0.5, 0.6) is 0 Å². The quantitative estimate of drug-likeness (QED) is 0.822. The molecular weight excluding hydrogens is 320 g/mol. The summed E-state index contributed by atoms with van der Waals surface area (Å²) in [7, 11) is -2.49. The lowest BCUT2D eigenvalue weighted by Crippen LogP contribution is -2.45. The fourth-order valence-electron chi connectivity index (χ4n) is 2.25. The van der Waals surface area contributed by atoms with E-state index in [1.165, 1.54) is 24.4 Å². The molecule has 9 heteroatoms. The predicted octanol–water partition coefficient (Wildman–Crippen LogP) is 0.908. The van der Waals surface area contributed by atoms with Gasteiger partial charge in [-0.05, 0) is 19.8 Å². The normalized spacial score (nSPS) is 19.9. The van der Waals surface area contributed by atoms with E-state index in [0.717, 1.165) is 12.8 Å². The second-order valence-corrected chi connectivity index (χ2v) is 6.69. The first-order valence-corrected chi connectivity index (χ1v) is 7.74. The second-order valence-electron chi connectivity index (χ2n) is 4.79. The summed E-state index contributed by atoms with van der Waals surface area (Å²) in [4.78, 5) is 11.4. The zero-order chi connectivity index (χ0) is 14.9. The molecule has 2 rings (SSSR count). The Bertz CT molecular complexity index is 613. The first kappa shape index (κ1) is 18.0. The fourth-order valence-corrected chi connectivity index (χ4v) is 3.95. The topological polar surface area (TPSA) is 103 Å². The molecule has 0 bridgehead atoms. The van der Waals surface area contributed by atoms with Crippen LogP contribution < -0.4 is 5.73 Å². The van der Waals surface area contributed by atoms with Crippen molar-refractivity contribution >= 4 is 28.4 Å². The number of esters is 1. The molecule has 7 nitrogen and oxygen atoms in total. The van der Waals surface area contributed by atoms with Gasteiger partial charge < -0.3 is 14.9 Å². The van der Waals surface area contributed by atoms with Gasteiger partial charge in [-0.3, -0.25) is 0 Å². The maximum absolute atomic E-state index is 12.5. The molecule has 120 valence electrons. The summed E-state index contributed by atoms with van der Waals surface area (Å²) in [6.45, 7) is 2.21. The molecule has 1 saturated heterocycles. The molecule has 0 saturated carbocycles. The van der Waals surface area contributed by atoms with Crippen molar-refractivity contribution in [3.63, 3.8) is 0 Å². The van der Waals surface area contributed by atoms with Crippen LogP contribution in [0.1, 0.15) is 29.2 Å². The molecule has 0 amide bonds. The van der Waals surface area contributed by atoms with Crippen molar-refractivity contribution in [2.75, 3.05) is 20.2 Å². The van der Waals surface area contributed by atoms with Gasteiger partial charge in [-0.15, -0.1) is 12.4 Å². The molecule has 1 aliphatic rings. The molecule has 2 N–H and O–H groups in total. The highest BCUT2D eigenvalue weighted by Gasteiger charge is 2.32. The van der Waals surface area contributed by atoms with Crippen LogP contribution >= 0.6 is 12.4 Å². The lowest BCUT2D eigenvalue weighted by atomic mass is 10.1. The molecule has 1 atom stereocenters. The molecule has 21 heavy (non-hydrogen) atoms. The number of nitrogens with two attached hydrogens (primary N) is 1. The van der Waals surface area contributed by atoms with Crippen LogP contribution in [0.3, 0.4) is 0 Å². The van der Waals surface area contributed by atoms with Gasteiger partial charge in [0.05, 0.1) is 7.11 Å². The Balaban J connectivity index is 0.00000220. The second kappa shape index (κ2) is 6.78. The van der Waals surface area contributed by atoms with E-state index in [1.807, 2.05) is 0 Å². The van der Waals surface area contributed by atoms with E-state index in [4.69, 9.17) is 10.2 Å². The van der Waals surface area contributed by atoms with Crippen LogP contribution in [0.4, 0.5) is 0 Å². The SMILES string of the molecule is COC(=O)c1cc(S(=O)(=O)N2CCCC(N)C2)c(C)o1.Cl. The fraction of sp³-hybridized carbons (Fsp3) is 0.583. The number of piperidine rings is 1. The summed E-state index contributed by atoms with van der Waals surface area (Å²) in [5.41, 5.74) is 5.81. The summed E-state index contributed by atoms with van der Waals surface area (Å²) >= 11 is 0. The predicted molar refractivity (Wildman–Crippen MR) is 78.0 cm³/mol. The molecule has 2 heterocycles. The molecule has 0 aromatic carbocycles. The summed E-state index contributed by atoms with van der Waals surface area (Å²) in [5, 5.41) is 0. The van der Waals surface area contributed by atoms with E-state index in [9.17, 15) is 13.2 Å².